The van der Waals surface area contributed by atoms with Crippen molar-refractivity contribution in [3.05, 3.63) is 51.8 Å². The summed E-state index contributed by atoms with van der Waals surface area (Å²) in [5.41, 5.74) is 2.98. The number of fused-ring (bicyclic) bond motifs is 1. The van der Waals surface area contributed by atoms with Crippen LogP contribution < -0.4 is 5.32 Å². The molecule has 1 aliphatic rings. The highest BCUT2D eigenvalue weighted by Crippen LogP contribution is 2.40. The molecule has 2 heterocycles. The Balaban J connectivity index is 1.70. The van der Waals surface area contributed by atoms with Crippen LogP contribution >= 0.6 is 11.3 Å². The minimum absolute atomic E-state index is 0.178. The van der Waals surface area contributed by atoms with Gasteiger partial charge in [0.15, 0.2) is 0 Å². The molecule has 0 unspecified atom stereocenters. The average Bonchev–Trinajstić information content (AvgIpc) is 3.39. The first-order valence-corrected chi connectivity index (χ1v) is 8.97. The molecule has 1 fully saturated rings. The second kappa shape index (κ2) is 5.94. The first kappa shape index (κ1) is 15.7. The SMILES string of the molecule is Cc1nc(C2CC2)nc2sc(C(=O)Nc3cccc(C#N)c3)c(C)c12. The molecule has 1 saturated carbocycles. The van der Waals surface area contributed by atoms with Gasteiger partial charge in [-0.1, -0.05) is 6.07 Å². The van der Waals surface area contributed by atoms with Crippen LogP contribution in [0.25, 0.3) is 10.2 Å². The topological polar surface area (TPSA) is 78.7 Å². The quantitative estimate of drug-likeness (QED) is 0.765. The molecule has 4 rings (SSSR count). The van der Waals surface area contributed by atoms with Gasteiger partial charge < -0.3 is 5.32 Å². The van der Waals surface area contributed by atoms with E-state index in [1.165, 1.54) is 11.3 Å². The maximum atomic E-state index is 12.7. The number of carbonyl (C=O) groups excluding carboxylic acids is 1. The van der Waals surface area contributed by atoms with Crippen molar-refractivity contribution in [2.75, 3.05) is 5.32 Å². The highest BCUT2D eigenvalue weighted by atomic mass is 32.1. The van der Waals surface area contributed by atoms with Crippen LogP contribution in [0.2, 0.25) is 0 Å². The van der Waals surface area contributed by atoms with Crippen molar-refractivity contribution in [3.8, 4) is 6.07 Å². The van der Waals surface area contributed by atoms with Gasteiger partial charge in [0.05, 0.1) is 22.2 Å². The number of nitriles is 1. The van der Waals surface area contributed by atoms with Gasteiger partial charge in [0.25, 0.3) is 5.91 Å². The molecule has 3 aromatic rings. The van der Waals surface area contributed by atoms with E-state index in [0.29, 0.717) is 22.0 Å². The summed E-state index contributed by atoms with van der Waals surface area (Å²) in [5, 5.41) is 12.8. The van der Waals surface area contributed by atoms with E-state index in [-0.39, 0.29) is 5.91 Å². The zero-order valence-electron chi connectivity index (χ0n) is 14.0. The number of nitrogens with one attached hydrogen (secondary N) is 1. The number of hydrogen-bond donors (Lipinski definition) is 1. The molecule has 0 spiro atoms. The highest BCUT2D eigenvalue weighted by Gasteiger charge is 2.28. The van der Waals surface area contributed by atoms with Crippen molar-refractivity contribution in [2.24, 2.45) is 0 Å². The van der Waals surface area contributed by atoms with E-state index in [4.69, 9.17) is 5.26 Å². The smallest absolute Gasteiger partial charge is 0.266 e. The zero-order chi connectivity index (χ0) is 17.6. The van der Waals surface area contributed by atoms with Gasteiger partial charge in [-0.25, -0.2) is 9.97 Å². The molecular formula is C19H16N4OS. The molecule has 6 heteroatoms. The van der Waals surface area contributed by atoms with E-state index >= 15 is 0 Å². The number of thiophene rings is 1. The number of benzene rings is 1. The second-order valence-electron chi connectivity index (χ2n) is 6.32. The summed E-state index contributed by atoms with van der Waals surface area (Å²) in [5.74, 6) is 1.21. The first-order valence-electron chi connectivity index (χ1n) is 8.16. The lowest BCUT2D eigenvalue weighted by molar-refractivity contribution is 0.103. The van der Waals surface area contributed by atoms with E-state index in [1.54, 1.807) is 24.3 Å². The van der Waals surface area contributed by atoms with Gasteiger partial charge in [0, 0.05) is 17.0 Å². The number of rotatable bonds is 3. The maximum Gasteiger partial charge on any atom is 0.266 e. The van der Waals surface area contributed by atoms with Crippen LogP contribution in [-0.4, -0.2) is 15.9 Å². The van der Waals surface area contributed by atoms with Gasteiger partial charge in [0.2, 0.25) is 0 Å². The fourth-order valence-corrected chi connectivity index (χ4v) is 4.09. The molecule has 1 N–H and O–H groups in total. The molecular weight excluding hydrogens is 332 g/mol. The summed E-state index contributed by atoms with van der Waals surface area (Å²) in [4.78, 5) is 23.5. The molecule has 1 amide bonds. The van der Waals surface area contributed by atoms with Gasteiger partial charge >= 0.3 is 0 Å². The monoisotopic (exact) mass is 348 g/mol. The Morgan fingerprint density at radius 3 is 2.84 bits per heavy atom. The van der Waals surface area contributed by atoms with Crippen molar-refractivity contribution in [2.45, 2.75) is 32.6 Å². The summed E-state index contributed by atoms with van der Waals surface area (Å²) >= 11 is 1.41. The van der Waals surface area contributed by atoms with Crippen molar-refractivity contribution < 1.29 is 4.79 Å². The largest absolute Gasteiger partial charge is 0.321 e. The van der Waals surface area contributed by atoms with Gasteiger partial charge in [-0.15, -0.1) is 11.3 Å². The predicted octanol–water partition coefficient (Wildman–Crippen LogP) is 4.31. The summed E-state index contributed by atoms with van der Waals surface area (Å²) in [6, 6.07) is 8.98. The van der Waals surface area contributed by atoms with Gasteiger partial charge in [-0.2, -0.15) is 5.26 Å². The molecule has 0 aliphatic heterocycles. The number of carbonyl (C=O) groups is 1. The molecule has 0 saturated heterocycles. The maximum absolute atomic E-state index is 12.7. The molecule has 5 nitrogen and oxygen atoms in total. The van der Waals surface area contributed by atoms with Crippen LogP contribution in [0.3, 0.4) is 0 Å². The van der Waals surface area contributed by atoms with Crippen molar-refractivity contribution in [3.63, 3.8) is 0 Å². The van der Waals surface area contributed by atoms with Crippen LogP contribution in [-0.2, 0) is 0 Å². The summed E-state index contributed by atoms with van der Waals surface area (Å²) < 4.78 is 0. The van der Waals surface area contributed by atoms with E-state index in [9.17, 15) is 4.79 Å². The number of hydrogen-bond acceptors (Lipinski definition) is 5. The van der Waals surface area contributed by atoms with Gasteiger partial charge in [0.1, 0.15) is 10.7 Å². The van der Waals surface area contributed by atoms with Crippen molar-refractivity contribution in [1.29, 1.82) is 5.26 Å². The van der Waals surface area contributed by atoms with E-state index in [1.807, 2.05) is 13.8 Å². The Kier molecular flexibility index (Phi) is 3.74. The lowest BCUT2D eigenvalue weighted by atomic mass is 10.1. The highest BCUT2D eigenvalue weighted by molar-refractivity contribution is 7.20. The molecule has 0 bridgehead atoms. The normalized spacial score (nSPS) is 13.6. The predicted molar refractivity (Wildman–Crippen MR) is 98.0 cm³/mol. The number of nitrogens with zero attached hydrogens (tertiary/aromatic N) is 3. The second-order valence-corrected chi connectivity index (χ2v) is 7.32. The van der Waals surface area contributed by atoms with E-state index < -0.39 is 0 Å². The third kappa shape index (κ3) is 2.87. The molecule has 0 atom stereocenters. The minimum Gasteiger partial charge on any atom is -0.321 e. The van der Waals surface area contributed by atoms with Crippen LogP contribution in [0, 0.1) is 25.2 Å². The molecule has 124 valence electrons. The Labute approximate surface area is 149 Å². The standard InChI is InChI=1S/C19H16N4OS/c1-10-15-11(2)21-17(13-6-7-13)23-19(15)25-16(10)18(24)22-14-5-3-4-12(8-14)9-20/h3-5,8,13H,6-7H2,1-2H3,(H,22,24). The number of aromatic nitrogens is 2. The molecule has 1 aromatic carbocycles. The molecule has 25 heavy (non-hydrogen) atoms. The fraction of sp³-hybridized carbons (Fsp3) is 0.263. The Morgan fingerprint density at radius 2 is 2.12 bits per heavy atom. The van der Waals surface area contributed by atoms with Crippen LogP contribution in [0.1, 0.15) is 51.1 Å². The molecule has 1 aliphatic carbocycles. The number of aryl methyl sites for hydroxylation is 2. The average molecular weight is 348 g/mol. The van der Waals surface area contributed by atoms with Crippen LogP contribution in [0.4, 0.5) is 5.69 Å². The van der Waals surface area contributed by atoms with Gasteiger partial charge in [-0.3, -0.25) is 4.79 Å². The van der Waals surface area contributed by atoms with Crippen LogP contribution in [0.15, 0.2) is 24.3 Å². The minimum atomic E-state index is -0.178. The van der Waals surface area contributed by atoms with Crippen molar-refractivity contribution in [1.82, 2.24) is 9.97 Å². The van der Waals surface area contributed by atoms with E-state index in [0.717, 1.165) is 40.1 Å². The Hall–Kier alpha value is -2.78. The zero-order valence-corrected chi connectivity index (χ0v) is 14.8. The lowest BCUT2D eigenvalue weighted by Crippen LogP contribution is -2.11. The van der Waals surface area contributed by atoms with E-state index in [2.05, 4.69) is 21.4 Å². The van der Waals surface area contributed by atoms with Crippen LogP contribution in [0.5, 0.6) is 0 Å². The Bertz CT molecular complexity index is 1040. The van der Waals surface area contributed by atoms with Crippen molar-refractivity contribution >= 4 is 33.1 Å². The third-order valence-corrected chi connectivity index (χ3v) is 5.57. The summed E-state index contributed by atoms with van der Waals surface area (Å²) in [7, 11) is 0. The molecule has 2 aromatic heterocycles. The summed E-state index contributed by atoms with van der Waals surface area (Å²) in [6.45, 7) is 3.92. The summed E-state index contributed by atoms with van der Waals surface area (Å²) in [6.07, 6.45) is 2.30. The Morgan fingerprint density at radius 1 is 1.32 bits per heavy atom. The molecule has 0 radical (unpaired) electrons. The lowest BCUT2D eigenvalue weighted by Gasteiger charge is -2.05. The number of amides is 1. The third-order valence-electron chi connectivity index (χ3n) is 4.39. The number of anilines is 1. The van der Waals surface area contributed by atoms with Gasteiger partial charge in [-0.05, 0) is 50.5 Å². The first-order chi connectivity index (χ1) is 12.1. The fourth-order valence-electron chi connectivity index (χ4n) is 2.95.